The minimum absolute atomic E-state index is 0.00291. The molecule has 0 saturated carbocycles. The average molecular weight is 440 g/mol. The maximum absolute atomic E-state index is 13.4. The molecular weight excluding hydrogens is 410 g/mol. The quantitative estimate of drug-likeness (QED) is 0.569. The molecule has 0 radical (unpaired) electrons. The predicted octanol–water partition coefficient (Wildman–Crippen LogP) is 4.47. The molecule has 2 aromatic carbocycles. The summed E-state index contributed by atoms with van der Waals surface area (Å²) in [4.78, 5) is 14.3. The number of benzene rings is 2. The Morgan fingerprint density at radius 2 is 1.61 bits per heavy atom. The minimum Gasteiger partial charge on any atom is -0.481 e. The second kappa shape index (κ2) is 8.35. The van der Waals surface area contributed by atoms with Crippen molar-refractivity contribution in [3.63, 3.8) is 0 Å². The van der Waals surface area contributed by atoms with E-state index >= 15 is 0 Å². The molecule has 1 aromatic heterocycles. The maximum Gasteiger partial charge on any atom is 0.307 e. The number of carboxylic acid groups (broad SMARTS) is 1. The predicted molar refractivity (Wildman–Crippen MR) is 123 cm³/mol. The van der Waals surface area contributed by atoms with Crippen LogP contribution in [-0.4, -0.2) is 30.7 Å². The first-order chi connectivity index (χ1) is 14.4. The summed E-state index contributed by atoms with van der Waals surface area (Å²) in [6.07, 6.45) is 3.01. The zero-order valence-electron chi connectivity index (χ0n) is 18.3. The lowest BCUT2D eigenvalue weighted by molar-refractivity contribution is -0.136. The average Bonchev–Trinajstić information content (AvgIpc) is 3.19. The number of H-pyrrole nitrogens is 1. The van der Waals surface area contributed by atoms with E-state index < -0.39 is 20.6 Å². The largest absolute Gasteiger partial charge is 0.481 e. The molecular formula is C25H29NO4S. The van der Waals surface area contributed by atoms with Crippen LogP contribution in [0.5, 0.6) is 0 Å². The Morgan fingerprint density at radius 1 is 0.935 bits per heavy atom. The standard InChI is InChI=1S/C25H29NO4S/c1-24(2,3)20-12-10-18(11-13-20)17-25(31(4,29)30,22-9-6-14-26-22)21-8-5-7-19(15-21)16-23(27)28/h5-15,26H,16-17H2,1-4H3,(H,27,28). The molecule has 31 heavy (non-hydrogen) atoms. The van der Waals surface area contributed by atoms with Gasteiger partial charge in [-0.3, -0.25) is 4.79 Å². The van der Waals surface area contributed by atoms with Crippen LogP contribution in [0.4, 0.5) is 0 Å². The molecule has 3 rings (SSSR count). The fraction of sp³-hybridized carbons (Fsp3) is 0.320. The van der Waals surface area contributed by atoms with Crippen molar-refractivity contribution in [2.24, 2.45) is 0 Å². The van der Waals surface area contributed by atoms with Crippen LogP contribution in [0.25, 0.3) is 0 Å². The van der Waals surface area contributed by atoms with E-state index in [4.69, 9.17) is 0 Å². The third kappa shape index (κ3) is 4.74. The number of aromatic amines is 1. The number of carbonyl (C=O) groups is 1. The molecule has 1 atom stereocenters. The van der Waals surface area contributed by atoms with Crippen molar-refractivity contribution in [2.75, 3.05) is 6.26 Å². The molecule has 1 heterocycles. The van der Waals surface area contributed by atoms with Gasteiger partial charge in [0.25, 0.3) is 0 Å². The van der Waals surface area contributed by atoms with Crippen LogP contribution in [0.15, 0.2) is 66.9 Å². The number of aromatic nitrogens is 1. The summed E-state index contributed by atoms with van der Waals surface area (Å²) < 4.78 is 25.4. The van der Waals surface area contributed by atoms with Crippen molar-refractivity contribution < 1.29 is 18.3 Å². The fourth-order valence-electron chi connectivity index (χ4n) is 4.00. The summed E-state index contributed by atoms with van der Waals surface area (Å²) in [5.74, 6) is -0.959. The van der Waals surface area contributed by atoms with E-state index in [1.165, 1.54) is 11.8 Å². The first kappa shape index (κ1) is 22.8. The Balaban J connectivity index is 2.19. The van der Waals surface area contributed by atoms with Gasteiger partial charge < -0.3 is 10.1 Å². The second-order valence-electron chi connectivity index (χ2n) is 9.08. The number of nitrogens with one attached hydrogen (secondary N) is 1. The van der Waals surface area contributed by atoms with Gasteiger partial charge in [-0.1, -0.05) is 69.3 Å². The Labute approximate surface area is 184 Å². The zero-order chi connectivity index (χ0) is 22.9. The van der Waals surface area contributed by atoms with Crippen molar-refractivity contribution in [1.82, 2.24) is 4.98 Å². The van der Waals surface area contributed by atoms with Gasteiger partial charge in [0.05, 0.1) is 6.42 Å². The molecule has 0 amide bonds. The smallest absolute Gasteiger partial charge is 0.307 e. The van der Waals surface area contributed by atoms with Gasteiger partial charge >= 0.3 is 5.97 Å². The molecule has 0 saturated heterocycles. The highest BCUT2D eigenvalue weighted by molar-refractivity contribution is 7.91. The number of rotatable bonds is 7. The molecule has 2 N–H and O–H groups in total. The van der Waals surface area contributed by atoms with Gasteiger partial charge in [-0.15, -0.1) is 0 Å². The van der Waals surface area contributed by atoms with Crippen LogP contribution < -0.4 is 0 Å². The summed E-state index contributed by atoms with van der Waals surface area (Å²) in [5, 5.41) is 9.21. The lowest BCUT2D eigenvalue weighted by Crippen LogP contribution is -2.39. The molecule has 3 aromatic rings. The maximum atomic E-state index is 13.4. The van der Waals surface area contributed by atoms with Gasteiger partial charge in [0.2, 0.25) is 0 Å². The van der Waals surface area contributed by atoms with Gasteiger partial charge in [0.1, 0.15) is 4.75 Å². The molecule has 0 aliphatic rings. The van der Waals surface area contributed by atoms with Gasteiger partial charge in [-0.05, 0) is 39.8 Å². The third-order valence-corrected chi connectivity index (χ3v) is 7.55. The molecule has 1 unspecified atom stereocenters. The Bertz CT molecular complexity index is 1160. The number of hydrogen-bond acceptors (Lipinski definition) is 3. The molecule has 6 heteroatoms. The Morgan fingerprint density at radius 3 is 2.13 bits per heavy atom. The summed E-state index contributed by atoms with van der Waals surface area (Å²) in [5.41, 5.74) is 3.73. The van der Waals surface area contributed by atoms with Gasteiger partial charge in [-0.2, -0.15) is 0 Å². The van der Waals surface area contributed by atoms with Crippen LogP contribution in [0.1, 0.15) is 48.7 Å². The van der Waals surface area contributed by atoms with E-state index in [0.29, 0.717) is 16.8 Å². The van der Waals surface area contributed by atoms with Crippen LogP contribution in [0.2, 0.25) is 0 Å². The van der Waals surface area contributed by atoms with Crippen molar-refractivity contribution >= 4 is 15.8 Å². The van der Waals surface area contributed by atoms with Crippen molar-refractivity contribution in [2.45, 2.75) is 43.8 Å². The number of hydrogen-bond donors (Lipinski definition) is 2. The summed E-state index contributed by atoms with van der Waals surface area (Å²) in [6, 6.07) is 18.5. The highest BCUT2D eigenvalue weighted by Crippen LogP contribution is 2.40. The highest BCUT2D eigenvalue weighted by Gasteiger charge is 2.45. The Hall–Kier alpha value is -2.86. The van der Waals surface area contributed by atoms with Crippen LogP contribution in [0.3, 0.4) is 0 Å². The first-order valence-electron chi connectivity index (χ1n) is 10.2. The van der Waals surface area contributed by atoms with Gasteiger partial charge in [0, 0.05) is 24.6 Å². The molecule has 0 bridgehead atoms. The molecule has 164 valence electrons. The van der Waals surface area contributed by atoms with Crippen LogP contribution >= 0.6 is 0 Å². The SMILES string of the molecule is CC(C)(C)c1ccc(CC(c2cccc(CC(=O)O)c2)(c2ccc[nH]2)S(C)(=O)=O)cc1. The van der Waals surface area contributed by atoms with Crippen LogP contribution in [0, 0.1) is 0 Å². The van der Waals surface area contributed by atoms with Crippen molar-refractivity contribution in [3.05, 3.63) is 94.8 Å². The van der Waals surface area contributed by atoms with Gasteiger partial charge in [0.15, 0.2) is 9.84 Å². The topological polar surface area (TPSA) is 87.2 Å². The number of aliphatic carboxylic acids is 1. The summed E-state index contributed by atoms with van der Waals surface area (Å²) >= 11 is 0. The highest BCUT2D eigenvalue weighted by atomic mass is 32.2. The molecule has 0 fully saturated rings. The zero-order valence-corrected chi connectivity index (χ0v) is 19.2. The van der Waals surface area contributed by atoms with Gasteiger partial charge in [-0.25, -0.2) is 8.42 Å². The van der Waals surface area contributed by atoms with Crippen molar-refractivity contribution in [3.8, 4) is 0 Å². The van der Waals surface area contributed by atoms with E-state index in [9.17, 15) is 18.3 Å². The molecule has 0 aliphatic heterocycles. The molecule has 0 aliphatic carbocycles. The lowest BCUT2D eigenvalue weighted by atomic mass is 9.84. The molecule has 5 nitrogen and oxygen atoms in total. The Kier molecular flexibility index (Phi) is 6.14. The van der Waals surface area contributed by atoms with E-state index in [1.54, 1.807) is 42.6 Å². The van der Waals surface area contributed by atoms with Crippen molar-refractivity contribution in [1.29, 1.82) is 0 Å². The van der Waals surface area contributed by atoms with E-state index in [-0.39, 0.29) is 18.3 Å². The monoisotopic (exact) mass is 439 g/mol. The second-order valence-corrected chi connectivity index (χ2v) is 11.3. The third-order valence-electron chi connectivity index (χ3n) is 5.69. The number of sulfone groups is 1. The lowest BCUT2D eigenvalue weighted by Gasteiger charge is -2.33. The summed E-state index contributed by atoms with van der Waals surface area (Å²) in [7, 11) is -3.66. The van der Waals surface area contributed by atoms with Crippen LogP contribution in [-0.2, 0) is 37.6 Å². The normalized spacial score (nSPS) is 14.2. The first-order valence-corrected chi connectivity index (χ1v) is 12.1. The van der Waals surface area contributed by atoms with E-state index in [2.05, 4.69) is 25.8 Å². The fourth-order valence-corrected chi connectivity index (χ4v) is 5.51. The van der Waals surface area contributed by atoms with E-state index in [0.717, 1.165) is 5.56 Å². The van der Waals surface area contributed by atoms with E-state index in [1.807, 2.05) is 24.3 Å². The molecule has 0 spiro atoms. The number of carboxylic acids is 1. The summed E-state index contributed by atoms with van der Waals surface area (Å²) in [6.45, 7) is 6.40. The minimum atomic E-state index is -3.66.